The second-order valence-electron chi connectivity index (χ2n) is 7.88. The largest absolute Gasteiger partial charge is 0.348 e. The first kappa shape index (κ1) is 21.3. The first-order valence-corrected chi connectivity index (χ1v) is 10.6. The predicted octanol–water partition coefficient (Wildman–Crippen LogP) is 3.92. The summed E-state index contributed by atoms with van der Waals surface area (Å²) < 4.78 is 0. The normalized spacial score (nSPS) is 15.5. The number of aryl methyl sites for hydroxylation is 1. The summed E-state index contributed by atoms with van der Waals surface area (Å²) in [5.74, 6) is -1.10. The van der Waals surface area contributed by atoms with E-state index in [1.165, 1.54) is 0 Å². The van der Waals surface area contributed by atoms with E-state index >= 15 is 0 Å². The average molecular weight is 428 g/mol. The molecule has 6 heteroatoms. The van der Waals surface area contributed by atoms with Gasteiger partial charge in [-0.1, -0.05) is 54.6 Å². The smallest absolute Gasteiger partial charge is 0.253 e. The topological polar surface area (TPSA) is 78.5 Å². The molecule has 1 saturated heterocycles. The van der Waals surface area contributed by atoms with Crippen LogP contribution in [0.1, 0.15) is 27.9 Å². The van der Waals surface area contributed by atoms with E-state index in [0.717, 1.165) is 16.8 Å². The molecule has 3 amide bonds. The molecule has 1 fully saturated rings. The zero-order valence-corrected chi connectivity index (χ0v) is 17.9. The molecular weight excluding hydrogens is 402 g/mol. The molecule has 2 N–H and O–H groups in total. The third-order valence-electron chi connectivity index (χ3n) is 5.69. The van der Waals surface area contributed by atoms with Gasteiger partial charge in [-0.05, 0) is 42.3 Å². The number of hydrogen-bond acceptors (Lipinski definition) is 3. The molecule has 0 spiro atoms. The Kier molecular flexibility index (Phi) is 6.31. The van der Waals surface area contributed by atoms with E-state index in [1.807, 2.05) is 61.5 Å². The standard InChI is InChI=1S/C26H25N3O3/c1-18-9-5-6-10-19(18)16-27-26(32)22-13-7-8-14-23(22)28-25(31)20-15-24(30)29(17-20)21-11-3-2-4-12-21/h2-14,20H,15-17H2,1H3,(H,27,32)(H,28,31)/t20-/m0/s1. The van der Waals surface area contributed by atoms with E-state index in [1.54, 1.807) is 29.2 Å². The number of nitrogens with zero attached hydrogens (tertiary/aromatic N) is 1. The van der Waals surface area contributed by atoms with E-state index in [2.05, 4.69) is 10.6 Å². The number of amides is 3. The van der Waals surface area contributed by atoms with Gasteiger partial charge in [-0.25, -0.2) is 0 Å². The summed E-state index contributed by atoms with van der Waals surface area (Å²) in [6, 6.07) is 24.1. The molecule has 6 nitrogen and oxygen atoms in total. The van der Waals surface area contributed by atoms with Gasteiger partial charge in [0.05, 0.1) is 17.2 Å². The van der Waals surface area contributed by atoms with Gasteiger partial charge >= 0.3 is 0 Å². The zero-order valence-electron chi connectivity index (χ0n) is 17.9. The minimum atomic E-state index is -0.481. The molecule has 0 unspecified atom stereocenters. The van der Waals surface area contributed by atoms with Gasteiger partial charge in [0.2, 0.25) is 11.8 Å². The lowest BCUT2D eigenvalue weighted by molar-refractivity contribution is -0.122. The Morgan fingerprint density at radius 3 is 2.41 bits per heavy atom. The van der Waals surface area contributed by atoms with Gasteiger partial charge in [0.25, 0.3) is 5.91 Å². The molecule has 32 heavy (non-hydrogen) atoms. The van der Waals surface area contributed by atoms with Gasteiger partial charge < -0.3 is 15.5 Å². The molecule has 1 aliphatic heterocycles. The molecule has 1 heterocycles. The van der Waals surface area contributed by atoms with Crippen molar-refractivity contribution in [3.63, 3.8) is 0 Å². The Balaban J connectivity index is 1.43. The lowest BCUT2D eigenvalue weighted by atomic mass is 10.1. The van der Waals surface area contributed by atoms with Crippen LogP contribution in [0.25, 0.3) is 0 Å². The molecule has 0 saturated carbocycles. The lowest BCUT2D eigenvalue weighted by Crippen LogP contribution is -2.29. The van der Waals surface area contributed by atoms with E-state index in [0.29, 0.717) is 24.3 Å². The van der Waals surface area contributed by atoms with Crippen molar-refractivity contribution in [2.24, 2.45) is 5.92 Å². The molecule has 0 bridgehead atoms. The number of para-hydroxylation sites is 2. The van der Waals surface area contributed by atoms with Crippen molar-refractivity contribution < 1.29 is 14.4 Å². The third kappa shape index (κ3) is 4.70. The van der Waals surface area contributed by atoms with Crippen LogP contribution in [0.15, 0.2) is 78.9 Å². The Morgan fingerprint density at radius 2 is 1.62 bits per heavy atom. The van der Waals surface area contributed by atoms with Gasteiger partial charge in [0.1, 0.15) is 0 Å². The van der Waals surface area contributed by atoms with Gasteiger partial charge in [-0.3, -0.25) is 14.4 Å². The minimum absolute atomic E-state index is 0.0828. The van der Waals surface area contributed by atoms with Crippen molar-refractivity contribution >= 4 is 29.1 Å². The quantitative estimate of drug-likeness (QED) is 0.626. The zero-order chi connectivity index (χ0) is 22.5. The van der Waals surface area contributed by atoms with Crippen molar-refractivity contribution in [1.29, 1.82) is 0 Å². The molecule has 4 rings (SSSR count). The average Bonchev–Trinajstić information content (AvgIpc) is 3.21. The Labute approximate surface area is 187 Å². The van der Waals surface area contributed by atoms with Gasteiger partial charge in [-0.2, -0.15) is 0 Å². The molecule has 1 atom stereocenters. The third-order valence-corrected chi connectivity index (χ3v) is 5.69. The monoisotopic (exact) mass is 427 g/mol. The maximum absolute atomic E-state index is 12.9. The van der Waals surface area contributed by atoms with Crippen molar-refractivity contribution in [3.05, 3.63) is 95.6 Å². The van der Waals surface area contributed by atoms with Crippen LogP contribution in [-0.4, -0.2) is 24.3 Å². The van der Waals surface area contributed by atoms with Crippen LogP contribution < -0.4 is 15.5 Å². The summed E-state index contributed by atoms with van der Waals surface area (Å²) in [5.41, 5.74) is 3.74. The molecular formula is C26H25N3O3. The number of nitrogens with one attached hydrogen (secondary N) is 2. The number of anilines is 2. The Morgan fingerprint density at radius 1 is 0.938 bits per heavy atom. The van der Waals surface area contributed by atoms with Crippen LogP contribution in [0.2, 0.25) is 0 Å². The first-order valence-electron chi connectivity index (χ1n) is 10.6. The SMILES string of the molecule is Cc1ccccc1CNC(=O)c1ccccc1NC(=O)[C@H]1CC(=O)N(c2ccccc2)C1. The van der Waals surface area contributed by atoms with Crippen molar-refractivity contribution in [2.45, 2.75) is 19.9 Å². The van der Waals surface area contributed by atoms with Gasteiger partial charge in [0, 0.05) is 25.2 Å². The Bertz CT molecular complexity index is 1140. The van der Waals surface area contributed by atoms with E-state index in [4.69, 9.17) is 0 Å². The summed E-state index contributed by atoms with van der Waals surface area (Å²) in [6.07, 6.45) is 0.141. The van der Waals surface area contributed by atoms with Crippen LogP contribution >= 0.6 is 0 Å². The van der Waals surface area contributed by atoms with Crippen LogP contribution in [-0.2, 0) is 16.1 Å². The predicted molar refractivity (Wildman–Crippen MR) is 124 cm³/mol. The second kappa shape index (κ2) is 9.47. The van der Waals surface area contributed by atoms with Crippen LogP contribution in [0.5, 0.6) is 0 Å². The molecule has 3 aromatic rings. The van der Waals surface area contributed by atoms with Gasteiger partial charge in [-0.15, -0.1) is 0 Å². The fourth-order valence-electron chi connectivity index (χ4n) is 3.84. The maximum Gasteiger partial charge on any atom is 0.253 e. The number of carbonyl (C=O) groups is 3. The lowest BCUT2D eigenvalue weighted by Gasteiger charge is -2.17. The number of rotatable bonds is 6. The summed E-state index contributed by atoms with van der Waals surface area (Å²) in [4.78, 5) is 39.8. The molecule has 3 aromatic carbocycles. The maximum atomic E-state index is 12.9. The molecule has 0 aliphatic carbocycles. The first-order chi connectivity index (χ1) is 15.5. The van der Waals surface area contributed by atoms with Crippen LogP contribution in [0.4, 0.5) is 11.4 Å². The van der Waals surface area contributed by atoms with E-state index < -0.39 is 5.92 Å². The van der Waals surface area contributed by atoms with Crippen molar-refractivity contribution in [1.82, 2.24) is 5.32 Å². The molecule has 1 aliphatic rings. The minimum Gasteiger partial charge on any atom is -0.348 e. The molecule has 0 radical (unpaired) electrons. The fraction of sp³-hybridized carbons (Fsp3) is 0.192. The summed E-state index contributed by atoms with van der Waals surface area (Å²) in [6.45, 7) is 2.71. The number of benzene rings is 3. The van der Waals surface area contributed by atoms with E-state index in [-0.39, 0.29) is 24.1 Å². The van der Waals surface area contributed by atoms with Crippen molar-refractivity contribution in [3.8, 4) is 0 Å². The fourth-order valence-corrected chi connectivity index (χ4v) is 3.84. The van der Waals surface area contributed by atoms with Crippen LogP contribution in [0, 0.1) is 12.8 Å². The second-order valence-corrected chi connectivity index (χ2v) is 7.88. The van der Waals surface area contributed by atoms with Crippen molar-refractivity contribution in [2.75, 3.05) is 16.8 Å². The summed E-state index contributed by atoms with van der Waals surface area (Å²) in [5, 5.41) is 5.78. The van der Waals surface area contributed by atoms with E-state index in [9.17, 15) is 14.4 Å². The summed E-state index contributed by atoms with van der Waals surface area (Å²) in [7, 11) is 0. The Hall–Kier alpha value is -3.93. The highest BCUT2D eigenvalue weighted by Gasteiger charge is 2.35. The highest BCUT2D eigenvalue weighted by atomic mass is 16.2. The number of hydrogen-bond donors (Lipinski definition) is 2. The summed E-state index contributed by atoms with van der Waals surface area (Å²) >= 11 is 0. The number of carbonyl (C=O) groups excluding carboxylic acids is 3. The highest BCUT2D eigenvalue weighted by molar-refractivity contribution is 6.07. The molecule has 162 valence electrons. The highest BCUT2D eigenvalue weighted by Crippen LogP contribution is 2.26. The molecule has 0 aromatic heterocycles. The van der Waals surface area contributed by atoms with Gasteiger partial charge in [0.15, 0.2) is 0 Å². The van der Waals surface area contributed by atoms with Crippen LogP contribution in [0.3, 0.4) is 0 Å².